The van der Waals surface area contributed by atoms with Crippen LogP contribution in [0.4, 0.5) is 0 Å². The molecule has 0 unspecified atom stereocenters. The first-order valence-corrected chi connectivity index (χ1v) is 10.5. The Hall–Kier alpha value is -2.73. The lowest BCUT2D eigenvalue weighted by Gasteiger charge is -2.27. The highest BCUT2D eigenvalue weighted by Crippen LogP contribution is 2.33. The number of thiazole rings is 1. The molecular weight excluding hydrogens is 384 g/mol. The topological polar surface area (TPSA) is 68.3 Å². The summed E-state index contributed by atoms with van der Waals surface area (Å²) < 4.78 is 6.51. The van der Waals surface area contributed by atoms with Gasteiger partial charge in [0.15, 0.2) is 6.61 Å². The quantitative estimate of drug-likeness (QED) is 0.568. The largest absolute Gasteiger partial charge is 0.455 e. The van der Waals surface area contributed by atoms with E-state index in [9.17, 15) is 9.59 Å². The van der Waals surface area contributed by atoms with Gasteiger partial charge in [-0.25, -0.2) is 4.98 Å². The van der Waals surface area contributed by atoms with E-state index in [0.29, 0.717) is 18.9 Å². The number of hydrogen-bond donors (Lipinski definition) is 1. The molecule has 0 spiro atoms. The van der Waals surface area contributed by atoms with Crippen LogP contribution in [-0.4, -0.2) is 30.0 Å². The van der Waals surface area contributed by atoms with Crippen LogP contribution in [0.3, 0.4) is 0 Å². The first-order valence-electron chi connectivity index (χ1n) is 9.72. The Balaban J connectivity index is 1.80. The lowest BCUT2D eigenvalue weighted by atomic mass is 9.79. The Morgan fingerprint density at radius 3 is 2.48 bits per heavy atom. The third-order valence-electron chi connectivity index (χ3n) is 4.75. The second-order valence-corrected chi connectivity index (χ2v) is 8.84. The molecule has 3 aromatic rings. The second kappa shape index (κ2) is 9.18. The minimum Gasteiger partial charge on any atom is -0.455 e. The molecule has 3 rings (SSSR count). The molecule has 152 valence electrons. The SMILES string of the molecule is CC(C)CNC(=O)COC(=O)[C@@](C)(Cc1nc2ccccc2s1)c1ccccc1. The van der Waals surface area contributed by atoms with Crippen molar-refractivity contribution in [3.63, 3.8) is 0 Å². The highest BCUT2D eigenvalue weighted by molar-refractivity contribution is 7.18. The number of rotatable bonds is 8. The number of ether oxygens (including phenoxy) is 1. The molecule has 0 saturated heterocycles. The maximum absolute atomic E-state index is 13.1. The van der Waals surface area contributed by atoms with Crippen molar-refractivity contribution in [3.8, 4) is 0 Å². The molecule has 0 aliphatic rings. The van der Waals surface area contributed by atoms with Gasteiger partial charge in [-0.15, -0.1) is 11.3 Å². The predicted molar refractivity (Wildman–Crippen MR) is 116 cm³/mol. The van der Waals surface area contributed by atoms with Crippen LogP contribution in [-0.2, 0) is 26.2 Å². The molecule has 5 nitrogen and oxygen atoms in total. The van der Waals surface area contributed by atoms with Crippen molar-refractivity contribution in [2.75, 3.05) is 13.2 Å². The summed E-state index contributed by atoms with van der Waals surface area (Å²) in [6.07, 6.45) is 0.406. The first kappa shape index (κ1) is 21.0. The molecule has 1 atom stereocenters. The summed E-state index contributed by atoms with van der Waals surface area (Å²) in [5, 5.41) is 3.63. The van der Waals surface area contributed by atoms with Crippen molar-refractivity contribution in [2.45, 2.75) is 32.6 Å². The fourth-order valence-corrected chi connectivity index (χ4v) is 4.18. The van der Waals surface area contributed by atoms with Gasteiger partial charge >= 0.3 is 5.97 Å². The van der Waals surface area contributed by atoms with Gasteiger partial charge in [0, 0.05) is 13.0 Å². The Kier molecular flexibility index (Phi) is 6.64. The van der Waals surface area contributed by atoms with Crippen LogP contribution in [0.1, 0.15) is 31.3 Å². The molecule has 0 aliphatic heterocycles. The highest BCUT2D eigenvalue weighted by Gasteiger charge is 2.38. The maximum Gasteiger partial charge on any atom is 0.317 e. The zero-order chi connectivity index (χ0) is 20.9. The zero-order valence-corrected chi connectivity index (χ0v) is 17.8. The van der Waals surface area contributed by atoms with E-state index in [1.165, 1.54) is 0 Å². The summed E-state index contributed by atoms with van der Waals surface area (Å²) >= 11 is 1.57. The Labute approximate surface area is 175 Å². The third-order valence-corrected chi connectivity index (χ3v) is 5.78. The molecule has 1 aromatic heterocycles. The van der Waals surface area contributed by atoms with Crippen LogP contribution < -0.4 is 5.32 Å². The molecule has 0 fully saturated rings. The normalized spacial score (nSPS) is 13.2. The van der Waals surface area contributed by atoms with Gasteiger partial charge in [-0.05, 0) is 30.5 Å². The highest BCUT2D eigenvalue weighted by atomic mass is 32.1. The second-order valence-electron chi connectivity index (χ2n) is 7.72. The summed E-state index contributed by atoms with van der Waals surface area (Å²) in [4.78, 5) is 29.8. The van der Waals surface area contributed by atoms with Crippen LogP contribution >= 0.6 is 11.3 Å². The standard InChI is InChI=1S/C23H26N2O3S/c1-16(2)14-24-20(26)15-28-22(27)23(3,17-9-5-4-6-10-17)13-21-25-18-11-7-8-12-19(18)29-21/h4-12,16H,13-15H2,1-3H3,(H,24,26)/t23-/m0/s1. The number of carbonyl (C=O) groups excluding carboxylic acids is 2. The van der Waals surface area contributed by atoms with Crippen LogP contribution in [0.2, 0.25) is 0 Å². The van der Waals surface area contributed by atoms with E-state index in [-0.39, 0.29) is 12.5 Å². The minimum atomic E-state index is -0.937. The summed E-state index contributed by atoms with van der Waals surface area (Å²) in [6, 6.07) is 17.4. The number of benzene rings is 2. The van der Waals surface area contributed by atoms with Crippen LogP contribution in [0, 0.1) is 5.92 Å². The van der Waals surface area contributed by atoms with Gasteiger partial charge in [0.1, 0.15) is 0 Å². The first-order chi connectivity index (χ1) is 13.9. The molecule has 0 bridgehead atoms. The number of amides is 1. The number of nitrogens with one attached hydrogen (secondary N) is 1. The fraction of sp³-hybridized carbons (Fsp3) is 0.348. The Morgan fingerprint density at radius 1 is 1.10 bits per heavy atom. The molecular formula is C23H26N2O3S. The van der Waals surface area contributed by atoms with Gasteiger partial charge < -0.3 is 10.1 Å². The molecule has 1 heterocycles. The number of nitrogens with zero attached hydrogens (tertiary/aromatic N) is 1. The van der Waals surface area contributed by atoms with E-state index in [0.717, 1.165) is 20.8 Å². The summed E-state index contributed by atoms with van der Waals surface area (Å²) in [5.74, 6) is -0.381. The number of para-hydroxylation sites is 1. The van der Waals surface area contributed by atoms with E-state index in [2.05, 4.69) is 10.3 Å². The maximum atomic E-state index is 13.1. The van der Waals surface area contributed by atoms with E-state index >= 15 is 0 Å². The van der Waals surface area contributed by atoms with Crippen LogP contribution in [0.5, 0.6) is 0 Å². The summed E-state index contributed by atoms with van der Waals surface area (Å²) in [7, 11) is 0. The number of carbonyl (C=O) groups is 2. The molecule has 2 aromatic carbocycles. The van der Waals surface area contributed by atoms with Gasteiger partial charge in [-0.2, -0.15) is 0 Å². The third kappa shape index (κ3) is 5.21. The predicted octanol–water partition coefficient (Wildman–Crippen LogP) is 4.11. The van der Waals surface area contributed by atoms with Crippen LogP contribution in [0.15, 0.2) is 54.6 Å². The van der Waals surface area contributed by atoms with Gasteiger partial charge in [-0.1, -0.05) is 56.3 Å². The Bertz CT molecular complexity index is 951. The van der Waals surface area contributed by atoms with Crippen LogP contribution in [0.25, 0.3) is 10.2 Å². The van der Waals surface area contributed by atoms with Gasteiger partial charge in [0.05, 0.1) is 20.6 Å². The molecule has 0 saturated carbocycles. The number of fused-ring (bicyclic) bond motifs is 1. The summed E-state index contributed by atoms with van der Waals surface area (Å²) in [5.41, 5.74) is 0.823. The van der Waals surface area contributed by atoms with E-state index in [4.69, 9.17) is 4.74 Å². The molecule has 0 aliphatic carbocycles. The fourth-order valence-electron chi connectivity index (χ4n) is 3.06. The van der Waals surface area contributed by atoms with Crippen molar-refractivity contribution >= 4 is 33.4 Å². The van der Waals surface area contributed by atoms with Crippen molar-refractivity contribution in [2.24, 2.45) is 5.92 Å². The van der Waals surface area contributed by atoms with Crippen molar-refractivity contribution < 1.29 is 14.3 Å². The lowest BCUT2D eigenvalue weighted by molar-refractivity contribution is -0.154. The monoisotopic (exact) mass is 410 g/mol. The van der Waals surface area contributed by atoms with E-state index in [1.807, 2.05) is 75.4 Å². The molecule has 29 heavy (non-hydrogen) atoms. The van der Waals surface area contributed by atoms with Crippen molar-refractivity contribution in [1.82, 2.24) is 10.3 Å². The van der Waals surface area contributed by atoms with E-state index < -0.39 is 11.4 Å². The molecule has 1 amide bonds. The molecule has 1 N–H and O–H groups in total. The Morgan fingerprint density at radius 2 is 1.79 bits per heavy atom. The summed E-state index contributed by atoms with van der Waals surface area (Å²) in [6.45, 7) is 6.14. The molecule has 0 radical (unpaired) electrons. The lowest BCUT2D eigenvalue weighted by Crippen LogP contribution is -2.39. The number of aromatic nitrogens is 1. The van der Waals surface area contributed by atoms with Gasteiger partial charge in [0.25, 0.3) is 5.91 Å². The van der Waals surface area contributed by atoms with E-state index in [1.54, 1.807) is 11.3 Å². The average Bonchev–Trinajstić information content (AvgIpc) is 3.13. The smallest absolute Gasteiger partial charge is 0.317 e. The van der Waals surface area contributed by atoms with Gasteiger partial charge in [0.2, 0.25) is 0 Å². The number of hydrogen-bond acceptors (Lipinski definition) is 5. The minimum absolute atomic E-state index is 0.284. The zero-order valence-electron chi connectivity index (χ0n) is 17.0. The molecule has 6 heteroatoms. The van der Waals surface area contributed by atoms with Crippen molar-refractivity contribution in [1.29, 1.82) is 0 Å². The average molecular weight is 411 g/mol. The van der Waals surface area contributed by atoms with Gasteiger partial charge in [-0.3, -0.25) is 9.59 Å². The van der Waals surface area contributed by atoms with Crippen molar-refractivity contribution in [3.05, 3.63) is 65.2 Å². The number of esters is 1.